The van der Waals surface area contributed by atoms with E-state index in [2.05, 4.69) is 36.7 Å². The molecule has 0 bridgehead atoms. The fourth-order valence-electron chi connectivity index (χ4n) is 2.30. The predicted octanol–water partition coefficient (Wildman–Crippen LogP) is 4.14. The van der Waals surface area contributed by atoms with Crippen LogP contribution in [0.15, 0.2) is 22.7 Å². The highest BCUT2D eigenvalue weighted by Gasteiger charge is 2.40. The maximum atomic E-state index is 12.5. The summed E-state index contributed by atoms with van der Waals surface area (Å²) in [6, 6.07) is 5.15. The number of likely N-dealkylation sites (tertiary alicyclic amines) is 1. The normalized spacial score (nSPS) is 19.6. The maximum Gasteiger partial charge on any atom is 0.262 e. The van der Waals surface area contributed by atoms with Crippen molar-refractivity contribution < 1.29 is 9.59 Å². The smallest absolute Gasteiger partial charge is 0.262 e. The van der Waals surface area contributed by atoms with Gasteiger partial charge >= 0.3 is 0 Å². The monoisotopic (exact) mass is 357 g/mol. The van der Waals surface area contributed by atoms with Crippen LogP contribution in [0, 0.1) is 11.3 Å². The fraction of sp³-hybridized carbons (Fsp3) is 0.467. The van der Waals surface area contributed by atoms with E-state index < -0.39 is 0 Å². The van der Waals surface area contributed by atoms with Crippen LogP contribution >= 0.6 is 27.5 Å². The summed E-state index contributed by atoms with van der Waals surface area (Å²) in [4.78, 5) is 25.9. The lowest BCUT2D eigenvalue weighted by Gasteiger charge is -2.26. The van der Waals surface area contributed by atoms with Crippen molar-refractivity contribution in [1.29, 1.82) is 0 Å². The van der Waals surface area contributed by atoms with Crippen LogP contribution in [0.1, 0.15) is 37.6 Å². The van der Waals surface area contributed by atoms with Crippen LogP contribution in [0.25, 0.3) is 0 Å². The molecule has 0 radical (unpaired) electrons. The minimum Gasteiger partial charge on any atom is -0.278 e. The van der Waals surface area contributed by atoms with Gasteiger partial charge in [-0.3, -0.25) is 14.5 Å². The van der Waals surface area contributed by atoms with Crippen molar-refractivity contribution in [2.24, 2.45) is 11.3 Å². The molecule has 1 aromatic rings. The Labute approximate surface area is 132 Å². The van der Waals surface area contributed by atoms with Gasteiger partial charge in [-0.1, -0.05) is 38.4 Å². The molecule has 1 atom stereocenters. The Morgan fingerprint density at radius 3 is 2.60 bits per heavy atom. The standard InChI is InChI=1S/C15H17BrClNO2/c1-15(2,3)9-7-12(19)18(8-9)14(20)10-5-4-6-11(16)13(10)17/h4-6,9H,7-8H2,1-3H3. The molecule has 0 N–H and O–H groups in total. The largest absolute Gasteiger partial charge is 0.278 e. The Morgan fingerprint density at radius 2 is 2.05 bits per heavy atom. The number of hydrogen-bond acceptors (Lipinski definition) is 2. The van der Waals surface area contributed by atoms with Crippen molar-refractivity contribution in [3.63, 3.8) is 0 Å². The number of carbonyl (C=O) groups excluding carboxylic acids is 2. The average molecular weight is 359 g/mol. The Bertz CT molecular complexity index is 565. The average Bonchev–Trinajstić information content (AvgIpc) is 2.74. The number of nitrogens with zero attached hydrogens (tertiary/aromatic N) is 1. The summed E-state index contributed by atoms with van der Waals surface area (Å²) in [6.45, 7) is 6.73. The molecule has 0 saturated carbocycles. The summed E-state index contributed by atoms with van der Waals surface area (Å²) < 4.78 is 0.657. The summed E-state index contributed by atoms with van der Waals surface area (Å²) in [7, 11) is 0. The highest BCUT2D eigenvalue weighted by molar-refractivity contribution is 9.10. The highest BCUT2D eigenvalue weighted by Crippen LogP contribution is 2.36. The molecule has 1 saturated heterocycles. The lowest BCUT2D eigenvalue weighted by Crippen LogP contribution is -2.33. The van der Waals surface area contributed by atoms with Crippen LogP contribution in [-0.2, 0) is 4.79 Å². The molecule has 3 nitrogen and oxygen atoms in total. The lowest BCUT2D eigenvalue weighted by atomic mass is 9.80. The topological polar surface area (TPSA) is 37.4 Å². The lowest BCUT2D eigenvalue weighted by molar-refractivity contribution is -0.125. The van der Waals surface area contributed by atoms with E-state index in [-0.39, 0.29) is 23.1 Å². The van der Waals surface area contributed by atoms with Crippen molar-refractivity contribution in [3.05, 3.63) is 33.3 Å². The molecular formula is C15H17BrClNO2. The van der Waals surface area contributed by atoms with Gasteiger partial charge in [-0.15, -0.1) is 0 Å². The SMILES string of the molecule is CC(C)(C)C1CC(=O)N(C(=O)c2cccc(Br)c2Cl)C1. The first-order chi connectivity index (χ1) is 9.21. The molecule has 1 unspecified atom stereocenters. The van der Waals surface area contributed by atoms with E-state index in [1.54, 1.807) is 18.2 Å². The molecule has 0 aliphatic carbocycles. The van der Waals surface area contributed by atoms with Gasteiger partial charge in [0.15, 0.2) is 0 Å². The van der Waals surface area contributed by atoms with E-state index in [1.165, 1.54) is 4.90 Å². The maximum absolute atomic E-state index is 12.5. The number of imide groups is 1. The van der Waals surface area contributed by atoms with Gasteiger partial charge in [0.25, 0.3) is 5.91 Å². The third kappa shape index (κ3) is 2.91. The molecule has 2 rings (SSSR count). The minimum atomic E-state index is -0.312. The number of amides is 2. The van der Waals surface area contributed by atoms with E-state index in [1.807, 2.05) is 0 Å². The van der Waals surface area contributed by atoms with E-state index in [0.717, 1.165) is 0 Å². The zero-order valence-corrected chi connectivity index (χ0v) is 14.1. The van der Waals surface area contributed by atoms with Gasteiger partial charge in [-0.25, -0.2) is 0 Å². The van der Waals surface area contributed by atoms with Crippen LogP contribution in [0.2, 0.25) is 5.02 Å². The Morgan fingerprint density at radius 1 is 1.40 bits per heavy atom. The zero-order valence-electron chi connectivity index (χ0n) is 11.7. The Balaban J connectivity index is 2.26. The van der Waals surface area contributed by atoms with E-state index >= 15 is 0 Å². The number of rotatable bonds is 1. The van der Waals surface area contributed by atoms with Gasteiger partial charge in [0.05, 0.1) is 10.6 Å². The number of carbonyl (C=O) groups is 2. The van der Waals surface area contributed by atoms with Crippen LogP contribution in [-0.4, -0.2) is 23.3 Å². The van der Waals surface area contributed by atoms with Gasteiger partial charge < -0.3 is 0 Å². The molecule has 1 aliphatic rings. The third-order valence-corrected chi connectivity index (χ3v) is 5.07. The summed E-state index contributed by atoms with van der Waals surface area (Å²) in [6.07, 6.45) is 0.418. The van der Waals surface area contributed by atoms with E-state index in [4.69, 9.17) is 11.6 Å². The minimum absolute atomic E-state index is 0.00571. The van der Waals surface area contributed by atoms with Crippen molar-refractivity contribution in [3.8, 4) is 0 Å². The molecule has 5 heteroatoms. The van der Waals surface area contributed by atoms with Gasteiger partial charge in [0.2, 0.25) is 5.91 Å². The number of hydrogen-bond donors (Lipinski definition) is 0. The molecule has 1 aliphatic heterocycles. The molecule has 1 aromatic carbocycles. The molecule has 20 heavy (non-hydrogen) atoms. The van der Waals surface area contributed by atoms with Gasteiger partial charge in [0.1, 0.15) is 0 Å². The zero-order chi connectivity index (χ0) is 15.1. The second-order valence-electron chi connectivity index (χ2n) is 6.18. The third-order valence-electron chi connectivity index (χ3n) is 3.78. The molecule has 1 fully saturated rings. The number of benzene rings is 1. The van der Waals surface area contributed by atoms with Crippen LogP contribution in [0.4, 0.5) is 0 Å². The Hall–Kier alpha value is -0.870. The summed E-state index contributed by atoms with van der Waals surface area (Å²) in [5.74, 6) is -0.246. The van der Waals surface area contributed by atoms with E-state index in [0.29, 0.717) is 28.0 Å². The molecule has 2 amide bonds. The first-order valence-corrected chi connectivity index (χ1v) is 7.67. The van der Waals surface area contributed by atoms with Gasteiger partial charge in [-0.2, -0.15) is 0 Å². The predicted molar refractivity (Wildman–Crippen MR) is 82.8 cm³/mol. The fourth-order valence-corrected chi connectivity index (χ4v) is 2.87. The van der Waals surface area contributed by atoms with Crippen molar-refractivity contribution >= 4 is 39.3 Å². The quantitative estimate of drug-likeness (QED) is 0.708. The van der Waals surface area contributed by atoms with Gasteiger partial charge in [-0.05, 0) is 39.4 Å². The van der Waals surface area contributed by atoms with Gasteiger partial charge in [0, 0.05) is 17.4 Å². The second kappa shape index (κ2) is 5.49. The van der Waals surface area contributed by atoms with Crippen LogP contribution in [0.3, 0.4) is 0 Å². The Kier molecular flexibility index (Phi) is 4.26. The first-order valence-electron chi connectivity index (χ1n) is 6.50. The molecular weight excluding hydrogens is 342 g/mol. The second-order valence-corrected chi connectivity index (χ2v) is 7.41. The van der Waals surface area contributed by atoms with Crippen molar-refractivity contribution in [2.45, 2.75) is 27.2 Å². The summed E-state index contributed by atoms with van der Waals surface area (Å²) >= 11 is 9.43. The molecule has 108 valence electrons. The highest BCUT2D eigenvalue weighted by atomic mass is 79.9. The van der Waals surface area contributed by atoms with Crippen molar-refractivity contribution in [1.82, 2.24) is 4.90 Å². The molecule has 1 heterocycles. The molecule has 0 spiro atoms. The van der Waals surface area contributed by atoms with E-state index in [9.17, 15) is 9.59 Å². The van der Waals surface area contributed by atoms with Crippen LogP contribution < -0.4 is 0 Å². The number of halogens is 2. The molecule has 0 aromatic heterocycles. The summed E-state index contributed by atoms with van der Waals surface area (Å²) in [5.41, 5.74) is 0.370. The van der Waals surface area contributed by atoms with Crippen LogP contribution in [0.5, 0.6) is 0 Å². The first kappa shape index (κ1) is 15.5. The van der Waals surface area contributed by atoms with Crippen molar-refractivity contribution in [2.75, 3.05) is 6.54 Å². The summed E-state index contributed by atoms with van der Waals surface area (Å²) in [5, 5.41) is 0.351.